The molecular formula is C16H18N2O7S. The lowest BCUT2D eigenvalue weighted by molar-refractivity contribution is -0.137. The zero-order valence-electron chi connectivity index (χ0n) is 14.2. The van der Waals surface area contributed by atoms with Crippen molar-refractivity contribution in [2.45, 2.75) is 18.1 Å². The Kier molecular flexibility index (Phi) is 6.45. The monoisotopic (exact) mass is 382 g/mol. The highest BCUT2D eigenvalue weighted by Gasteiger charge is 2.42. The van der Waals surface area contributed by atoms with Crippen LogP contribution in [0.2, 0.25) is 0 Å². The maximum atomic E-state index is 12.6. The minimum absolute atomic E-state index is 0.0380. The third-order valence-electron chi connectivity index (χ3n) is 3.58. The third-order valence-corrected chi connectivity index (χ3v) is 4.62. The summed E-state index contributed by atoms with van der Waals surface area (Å²) in [6.07, 6.45) is -0.435. The van der Waals surface area contributed by atoms with Crippen LogP contribution in [-0.4, -0.2) is 54.1 Å². The number of hydrogen-bond donors (Lipinski definition) is 2. The summed E-state index contributed by atoms with van der Waals surface area (Å²) in [6.45, 7) is -0.0380. The number of carbonyl (C=O) groups is 4. The molecule has 1 aliphatic rings. The van der Waals surface area contributed by atoms with E-state index in [2.05, 4.69) is 5.32 Å². The molecule has 0 bridgehead atoms. The molecule has 10 heteroatoms. The van der Waals surface area contributed by atoms with E-state index in [0.29, 0.717) is 11.5 Å². The lowest BCUT2D eigenvalue weighted by atomic mass is 10.2. The fourth-order valence-electron chi connectivity index (χ4n) is 2.32. The van der Waals surface area contributed by atoms with Crippen molar-refractivity contribution in [2.75, 3.05) is 25.7 Å². The van der Waals surface area contributed by atoms with Crippen LogP contribution < -0.4 is 19.7 Å². The largest absolute Gasteiger partial charge is 0.497 e. The Bertz CT molecular complexity index is 737. The number of rotatable bonds is 8. The van der Waals surface area contributed by atoms with Gasteiger partial charge >= 0.3 is 5.97 Å². The van der Waals surface area contributed by atoms with Gasteiger partial charge in [-0.25, -0.2) is 4.90 Å². The van der Waals surface area contributed by atoms with E-state index in [-0.39, 0.29) is 25.1 Å². The van der Waals surface area contributed by atoms with Gasteiger partial charge in [0, 0.05) is 19.0 Å². The highest BCUT2D eigenvalue weighted by atomic mass is 32.2. The van der Waals surface area contributed by atoms with Crippen molar-refractivity contribution in [3.05, 3.63) is 18.2 Å². The van der Waals surface area contributed by atoms with Gasteiger partial charge < -0.3 is 19.9 Å². The van der Waals surface area contributed by atoms with Gasteiger partial charge in [0.15, 0.2) is 0 Å². The number of amides is 3. The van der Waals surface area contributed by atoms with Gasteiger partial charge in [0.05, 0.1) is 26.3 Å². The van der Waals surface area contributed by atoms with Crippen LogP contribution in [0.15, 0.2) is 18.2 Å². The molecule has 140 valence electrons. The maximum Gasteiger partial charge on any atom is 0.305 e. The van der Waals surface area contributed by atoms with Crippen LogP contribution >= 0.6 is 11.8 Å². The van der Waals surface area contributed by atoms with Gasteiger partial charge in [-0.3, -0.25) is 19.2 Å². The van der Waals surface area contributed by atoms with Crippen LogP contribution in [-0.2, 0) is 14.4 Å². The number of carbonyl (C=O) groups excluding carboxylic acids is 3. The van der Waals surface area contributed by atoms with E-state index in [4.69, 9.17) is 14.6 Å². The number of anilines is 1. The Labute approximate surface area is 153 Å². The molecule has 1 unspecified atom stereocenters. The number of carboxylic acids is 1. The minimum Gasteiger partial charge on any atom is -0.497 e. The molecule has 0 aliphatic carbocycles. The smallest absolute Gasteiger partial charge is 0.305 e. The first-order chi connectivity index (χ1) is 12.4. The molecular weight excluding hydrogens is 364 g/mol. The fourth-order valence-corrected chi connectivity index (χ4v) is 3.30. The number of nitrogens with zero attached hydrogens (tertiary/aromatic N) is 1. The second kappa shape index (κ2) is 8.56. The van der Waals surface area contributed by atoms with Gasteiger partial charge in [-0.15, -0.1) is 0 Å². The van der Waals surface area contributed by atoms with E-state index in [1.807, 2.05) is 0 Å². The molecule has 1 aromatic carbocycles. The number of ether oxygens (including phenoxy) is 2. The van der Waals surface area contributed by atoms with Crippen molar-refractivity contribution in [2.24, 2.45) is 0 Å². The Morgan fingerprint density at radius 1 is 1.27 bits per heavy atom. The number of nitrogens with one attached hydrogen (secondary N) is 1. The van der Waals surface area contributed by atoms with E-state index in [9.17, 15) is 19.2 Å². The van der Waals surface area contributed by atoms with Crippen LogP contribution in [0.5, 0.6) is 11.5 Å². The Balaban J connectivity index is 2.09. The summed E-state index contributed by atoms with van der Waals surface area (Å²) in [7, 11) is 2.89. The zero-order valence-corrected chi connectivity index (χ0v) is 15.0. The van der Waals surface area contributed by atoms with Crippen LogP contribution in [0.3, 0.4) is 0 Å². The standard InChI is InChI=1S/C16H18N2O7S/c1-24-9-3-4-10(11(7-9)25-2)18-15(22)12(26-16(18)23)8-13(19)17-6-5-14(20)21/h3-4,7,12H,5-6,8H2,1-2H3,(H,17,19)(H,20,21). The lowest BCUT2D eigenvalue weighted by Crippen LogP contribution is -2.35. The summed E-state index contributed by atoms with van der Waals surface area (Å²) in [5, 5.41) is 9.58. The average molecular weight is 382 g/mol. The first-order valence-electron chi connectivity index (χ1n) is 7.62. The van der Waals surface area contributed by atoms with Gasteiger partial charge in [0.2, 0.25) is 11.8 Å². The SMILES string of the molecule is COc1ccc(N2C(=O)SC(CC(=O)NCCC(=O)O)C2=O)c(OC)c1. The molecule has 1 aromatic rings. The van der Waals surface area contributed by atoms with Gasteiger partial charge in [-0.1, -0.05) is 0 Å². The highest BCUT2D eigenvalue weighted by Crippen LogP contribution is 2.39. The molecule has 0 spiro atoms. The van der Waals surface area contributed by atoms with Crippen molar-refractivity contribution >= 4 is 40.5 Å². The third kappa shape index (κ3) is 4.45. The average Bonchev–Trinajstić information content (AvgIpc) is 2.87. The number of aliphatic carboxylic acids is 1. The molecule has 1 fully saturated rings. The van der Waals surface area contributed by atoms with E-state index in [1.54, 1.807) is 12.1 Å². The molecule has 0 radical (unpaired) electrons. The molecule has 0 aromatic heterocycles. The summed E-state index contributed by atoms with van der Waals surface area (Å²) in [5.74, 6) is -1.26. The van der Waals surface area contributed by atoms with Crippen LogP contribution in [0.25, 0.3) is 0 Å². The molecule has 9 nitrogen and oxygen atoms in total. The molecule has 3 amide bonds. The quantitative estimate of drug-likeness (QED) is 0.689. The second-order valence-corrected chi connectivity index (χ2v) is 6.44. The predicted molar refractivity (Wildman–Crippen MR) is 93.7 cm³/mol. The molecule has 0 saturated carbocycles. The fraction of sp³-hybridized carbons (Fsp3) is 0.375. The molecule has 1 saturated heterocycles. The zero-order chi connectivity index (χ0) is 19.3. The van der Waals surface area contributed by atoms with E-state index >= 15 is 0 Å². The minimum atomic E-state index is -1.04. The first-order valence-corrected chi connectivity index (χ1v) is 8.50. The Morgan fingerprint density at radius 3 is 2.62 bits per heavy atom. The number of imide groups is 1. The first kappa shape index (κ1) is 19.6. The topological polar surface area (TPSA) is 122 Å². The van der Waals surface area contributed by atoms with Crippen molar-refractivity contribution in [1.82, 2.24) is 5.32 Å². The Hall–Kier alpha value is -2.75. The van der Waals surface area contributed by atoms with Crippen LogP contribution in [0, 0.1) is 0 Å². The second-order valence-electron chi connectivity index (χ2n) is 5.28. The van der Waals surface area contributed by atoms with Crippen molar-refractivity contribution < 1.29 is 33.8 Å². The van der Waals surface area contributed by atoms with Crippen molar-refractivity contribution in [3.8, 4) is 11.5 Å². The predicted octanol–water partition coefficient (Wildman–Crippen LogP) is 1.25. The van der Waals surface area contributed by atoms with E-state index in [1.165, 1.54) is 20.3 Å². The summed E-state index contributed by atoms with van der Waals surface area (Å²) in [4.78, 5) is 48.1. The molecule has 1 heterocycles. The number of benzene rings is 1. The van der Waals surface area contributed by atoms with Gasteiger partial charge in [-0.2, -0.15) is 0 Å². The number of carboxylic acid groups (broad SMARTS) is 1. The van der Waals surface area contributed by atoms with E-state index < -0.39 is 28.3 Å². The molecule has 2 N–H and O–H groups in total. The lowest BCUT2D eigenvalue weighted by Gasteiger charge is -2.17. The highest BCUT2D eigenvalue weighted by molar-refractivity contribution is 8.15. The summed E-state index contributed by atoms with van der Waals surface area (Å²) >= 11 is 0.747. The van der Waals surface area contributed by atoms with Gasteiger partial charge in [0.25, 0.3) is 5.24 Å². The Morgan fingerprint density at radius 2 is 2.00 bits per heavy atom. The number of methoxy groups -OCH3 is 2. The number of thioether (sulfide) groups is 1. The van der Waals surface area contributed by atoms with Crippen LogP contribution in [0.4, 0.5) is 10.5 Å². The maximum absolute atomic E-state index is 12.6. The summed E-state index contributed by atoms with van der Waals surface area (Å²) in [6, 6.07) is 4.67. The van der Waals surface area contributed by atoms with Crippen molar-refractivity contribution in [3.63, 3.8) is 0 Å². The van der Waals surface area contributed by atoms with Crippen molar-refractivity contribution in [1.29, 1.82) is 0 Å². The normalized spacial score (nSPS) is 16.5. The molecule has 26 heavy (non-hydrogen) atoms. The molecule has 1 aliphatic heterocycles. The van der Waals surface area contributed by atoms with Crippen LogP contribution in [0.1, 0.15) is 12.8 Å². The summed E-state index contributed by atoms with van der Waals surface area (Å²) in [5.41, 5.74) is 0.268. The van der Waals surface area contributed by atoms with E-state index in [0.717, 1.165) is 16.7 Å². The number of hydrogen-bond acceptors (Lipinski definition) is 7. The molecule has 1 atom stereocenters. The molecule has 2 rings (SSSR count). The summed E-state index contributed by atoms with van der Waals surface area (Å²) < 4.78 is 10.3. The van der Waals surface area contributed by atoms with Gasteiger partial charge in [0.1, 0.15) is 16.7 Å². The van der Waals surface area contributed by atoms with Gasteiger partial charge in [-0.05, 0) is 23.9 Å².